The lowest BCUT2D eigenvalue weighted by Gasteiger charge is -2.06. The van der Waals surface area contributed by atoms with E-state index in [0.29, 0.717) is 50.8 Å². The van der Waals surface area contributed by atoms with Crippen molar-refractivity contribution in [3.05, 3.63) is 93.5 Å². The number of aromatic nitrogens is 3. The van der Waals surface area contributed by atoms with E-state index in [1.165, 1.54) is 4.68 Å². The molecule has 3 aromatic carbocycles. The van der Waals surface area contributed by atoms with Crippen LogP contribution in [0.3, 0.4) is 0 Å². The van der Waals surface area contributed by atoms with Gasteiger partial charge in [-0.05, 0) is 53.9 Å². The predicted octanol–water partition coefficient (Wildman–Crippen LogP) is 5.34. The summed E-state index contributed by atoms with van der Waals surface area (Å²) in [6, 6.07) is 20.2. The van der Waals surface area contributed by atoms with Crippen molar-refractivity contribution in [3.8, 4) is 5.75 Å². The number of carbonyl (C=O) groups excluding carboxylic acids is 1. The highest BCUT2D eigenvalue weighted by Gasteiger charge is 2.24. The minimum Gasteiger partial charge on any atom is -0.497 e. The molecule has 0 spiro atoms. The molecule has 0 bridgehead atoms. The summed E-state index contributed by atoms with van der Waals surface area (Å²) in [5.74, 6) is 0.549. The molecule has 0 radical (unpaired) electrons. The number of methoxy groups -OCH3 is 1. The third-order valence-corrected chi connectivity index (χ3v) is 6.56. The lowest BCUT2D eigenvalue weighted by atomic mass is 10.1. The van der Waals surface area contributed by atoms with E-state index in [4.69, 9.17) is 43.6 Å². The molecule has 0 saturated heterocycles. The van der Waals surface area contributed by atoms with Gasteiger partial charge < -0.3 is 15.8 Å². The minimum absolute atomic E-state index is 0.128. The number of hydrogen-bond acceptors (Lipinski definition) is 6. The quantitative estimate of drug-likeness (QED) is 0.275. The highest BCUT2D eigenvalue weighted by molar-refractivity contribution is 6.42. The number of para-hydroxylation sites is 2. The van der Waals surface area contributed by atoms with Gasteiger partial charge in [0.15, 0.2) is 5.65 Å². The van der Waals surface area contributed by atoms with Gasteiger partial charge in [0.1, 0.15) is 22.6 Å². The lowest BCUT2D eigenvalue weighted by Crippen LogP contribution is -2.26. The van der Waals surface area contributed by atoms with Gasteiger partial charge in [-0.25, -0.2) is 9.97 Å². The van der Waals surface area contributed by atoms with E-state index in [0.717, 1.165) is 11.3 Å². The summed E-state index contributed by atoms with van der Waals surface area (Å²) >= 11 is 12.2. The fourth-order valence-electron chi connectivity index (χ4n) is 3.91. The number of halogens is 2. The molecule has 0 fully saturated rings. The smallest absolute Gasteiger partial charge is 0.257 e. The normalized spacial score (nSPS) is 11.4. The lowest BCUT2D eigenvalue weighted by molar-refractivity contribution is 0.0956. The largest absolute Gasteiger partial charge is 0.497 e. The van der Waals surface area contributed by atoms with Gasteiger partial charge in [-0.15, -0.1) is 0 Å². The number of nitrogen functional groups attached to an aromatic ring is 1. The summed E-state index contributed by atoms with van der Waals surface area (Å²) in [6.45, 7) is 0.408. The molecule has 0 unspecified atom stereocenters. The Bertz CT molecular complexity index is 1650. The third-order valence-electron chi connectivity index (χ3n) is 5.83. The zero-order valence-corrected chi connectivity index (χ0v) is 21.3. The Kier molecular flexibility index (Phi) is 6.94. The molecule has 8 nitrogen and oxygen atoms in total. The molecule has 0 saturated carbocycles. The Morgan fingerprint density at radius 2 is 1.78 bits per heavy atom. The van der Waals surface area contributed by atoms with Crippen LogP contribution in [-0.2, 0) is 6.42 Å². The van der Waals surface area contributed by atoms with Crippen LogP contribution in [-0.4, -0.2) is 40.4 Å². The Morgan fingerprint density at radius 3 is 2.49 bits per heavy atom. The van der Waals surface area contributed by atoms with Crippen molar-refractivity contribution in [2.24, 2.45) is 5.10 Å². The number of ether oxygens (including phenoxy) is 1. The van der Waals surface area contributed by atoms with Gasteiger partial charge in [0, 0.05) is 6.54 Å². The van der Waals surface area contributed by atoms with Crippen LogP contribution in [0, 0.1) is 0 Å². The summed E-state index contributed by atoms with van der Waals surface area (Å²) < 4.78 is 6.61. The fraction of sp³-hybridized carbons (Fsp3) is 0.111. The monoisotopic (exact) mass is 532 g/mol. The second-order valence-corrected chi connectivity index (χ2v) is 9.04. The zero-order valence-electron chi connectivity index (χ0n) is 19.8. The first-order chi connectivity index (χ1) is 17.9. The number of carbonyl (C=O) groups is 1. The second-order valence-electron chi connectivity index (χ2n) is 8.23. The molecular formula is C27H22Cl2N6O2. The molecule has 10 heteroatoms. The number of benzene rings is 3. The SMILES string of the molecule is COc1ccc(CCNC(=O)c2c(N)n(/N=C\c3ccc(Cl)c(Cl)c3)c3nc4ccccc4nc23)cc1. The van der Waals surface area contributed by atoms with E-state index < -0.39 is 0 Å². The maximum Gasteiger partial charge on any atom is 0.257 e. The maximum atomic E-state index is 13.3. The van der Waals surface area contributed by atoms with Gasteiger partial charge in [0.2, 0.25) is 0 Å². The highest BCUT2D eigenvalue weighted by atomic mass is 35.5. The van der Waals surface area contributed by atoms with Crippen molar-refractivity contribution in [1.29, 1.82) is 0 Å². The summed E-state index contributed by atoms with van der Waals surface area (Å²) in [5, 5.41) is 8.28. The van der Waals surface area contributed by atoms with Crippen LogP contribution >= 0.6 is 23.2 Å². The van der Waals surface area contributed by atoms with E-state index in [9.17, 15) is 4.79 Å². The molecule has 37 heavy (non-hydrogen) atoms. The molecular weight excluding hydrogens is 511 g/mol. The fourth-order valence-corrected chi connectivity index (χ4v) is 4.21. The molecule has 2 heterocycles. The van der Waals surface area contributed by atoms with Crippen molar-refractivity contribution in [1.82, 2.24) is 20.0 Å². The van der Waals surface area contributed by atoms with Gasteiger partial charge in [0.25, 0.3) is 5.91 Å². The number of nitrogens with two attached hydrogens (primary N) is 1. The Morgan fingerprint density at radius 1 is 1.05 bits per heavy atom. The first-order valence-electron chi connectivity index (χ1n) is 11.4. The van der Waals surface area contributed by atoms with Crippen LogP contribution < -0.4 is 15.8 Å². The molecule has 0 aliphatic heterocycles. The number of amides is 1. The number of fused-ring (bicyclic) bond motifs is 2. The molecule has 0 aliphatic carbocycles. The molecule has 0 aliphatic rings. The first kappa shape index (κ1) is 24.5. The number of rotatable bonds is 7. The molecule has 186 valence electrons. The van der Waals surface area contributed by atoms with Crippen LogP contribution in [0.1, 0.15) is 21.5 Å². The molecule has 0 atom stereocenters. The van der Waals surface area contributed by atoms with E-state index in [1.54, 1.807) is 31.5 Å². The average molecular weight is 533 g/mol. The van der Waals surface area contributed by atoms with E-state index in [-0.39, 0.29) is 17.3 Å². The maximum absolute atomic E-state index is 13.3. The summed E-state index contributed by atoms with van der Waals surface area (Å²) in [4.78, 5) is 22.7. The van der Waals surface area contributed by atoms with Gasteiger partial charge in [-0.2, -0.15) is 9.78 Å². The van der Waals surface area contributed by atoms with Crippen molar-refractivity contribution in [3.63, 3.8) is 0 Å². The van der Waals surface area contributed by atoms with Crippen LogP contribution in [0.2, 0.25) is 10.0 Å². The molecule has 5 aromatic rings. The van der Waals surface area contributed by atoms with E-state index >= 15 is 0 Å². The van der Waals surface area contributed by atoms with Crippen molar-refractivity contribution < 1.29 is 9.53 Å². The summed E-state index contributed by atoms with van der Waals surface area (Å²) in [7, 11) is 1.62. The average Bonchev–Trinajstić information content (AvgIpc) is 3.18. The van der Waals surface area contributed by atoms with Gasteiger partial charge >= 0.3 is 0 Å². The van der Waals surface area contributed by atoms with Crippen LogP contribution in [0.15, 0.2) is 71.8 Å². The van der Waals surface area contributed by atoms with Crippen molar-refractivity contribution in [2.45, 2.75) is 6.42 Å². The van der Waals surface area contributed by atoms with Crippen molar-refractivity contribution in [2.75, 3.05) is 19.4 Å². The van der Waals surface area contributed by atoms with Gasteiger partial charge in [0.05, 0.1) is 34.4 Å². The Labute approximate surface area is 222 Å². The van der Waals surface area contributed by atoms with Gasteiger partial charge in [-0.1, -0.05) is 53.5 Å². The standard InChI is InChI=1S/C27H22Cl2N6O2/c1-37-18-9-6-16(7-10-18)12-13-31-27(36)23-24-26(34-22-5-3-2-4-21(22)33-24)35(25(23)30)32-15-17-8-11-19(28)20(29)14-17/h2-11,14-15H,12-13,30H2,1H3,(H,31,36)/b32-15-. The topological polar surface area (TPSA) is 107 Å². The Hall–Kier alpha value is -4.14. The molecule has 3 N–H and O–H groups in total. The van der Waals surface area contributed by atoms with Crippen molar-refractivity contribution >= 4 is 63.3 Å². The second kappa shape index (κ2) is 10.5. The first-order valence-corrected chi connectivity index (χ1v) is 12.2. The number of anilines is 1. The van der Waals surface area contributed by atoms with E-state index in [1.807, 2.05) is 48.5 Å². The van der Waals surface area contributed by atoms with Crippen LogP contribution in [0.25, 0.3) is 22.2 Å². The zero-order chi connectivity index (χ0) is 25.9. The minimum atomic E-state index is -0.357. The number of nitrogens with one attached hydrogen (secondary N) is 1. The molecule has 2 aromatic heterocycles. The van der Waals surface area contributed by atoms with Gasteiger partial charge in [-0.3, -0.25) is 4.79 Å². The number of hydrogen-bond donors (Lipinski definition) is 2. The Balaban J connectivity index is 1.49. The van der Waals surface area contributed by atoms with Crippen LogP contribution in [0.5, 0.6) is 5.75 Å². The summed E-state index contributed by atoms with van der Waals surface area (Å²) in [5.41, 5.74) is 10.5. The third kappa shape index (κ3) is 5.07. The predicted molar refractivity (Wildman–Crippen MR) is 148 cm³/mol. The summed E-state index contributed by atoms with van der Waals surface area (Å²) in [6.07, 6.45) is 2.21. The molecule has 5 rings (SSSR count). The molecule has 1 amide bonds. The van der Waals surface area contributed by atoms with Crippen LogP contribution in [0.4, 0.5) is 5.82 Å². The highest BCUT2D eigenvalue weighted by Crippen LogP contribution is 2.28. The number of nitrogens with zero attached hydrogens (tertiary/aromatic N) is 4. The van der Waals surface area contributed by atoms with E-state index in [2.05, 4.69) is 10.4 Å².